The molecule has 0 aromatic rings. The van der Waals surface area contributed by atoms with E-state index in [1.807, 2.05) is 0 Å². The van der Waals surface area contributed by atoms with Crippen molar-refractivity contribution in [2.45, 2.75) is 13.0 Å². The normalized spacial score (nSPS) is 17.3. The molecule has 5 heteroatoms. The van der Waals surface area contributed by atoms with Gasteiger partial charge in [-0.3, -0.25) is 0 Å². The van der Waals surface area contributed by atoms with Crippen LogP contribution in [0.5, 0.6) is 0 Å². The van der Waals surface area contributed by atoms with Crippen LogP contribution in [0.25, 0.3) is 0 Å². The van der Waals surface area contributed by atoms with Gasteiger partial charge in [0.1, 0.15) is 6.79 Å². The van der Waals surface area contributed by atoms with Crippen LogP contribution in [0.2, 0.25) is 0 Å². The fourth-order valence-corrected chi connectivity index (χ4v) is 0.438. The maximum Gasteiger partial charge on any atom is 0.337 e. The summed E-state index contributed by atoms with van der Waals surface area (Å²) in [6.07, 6.45) is -0.900. The fourth-order valence-electron chi connectivity index (χ4n) is 0.438. The third-order valence-electron chi connectivity index (χ3n) is 1.03. The summed E-state index contributed by atoms with van der Waals surface area (Å²) in [6.45, 7) is 0.743. The Balaban J connectivity index is 3.64. The van der Waals surface area contributed by atoms with Crippen molar-refractivity contribution in [1.82, 2.24) is 0 Å². The van der Waals surface area contributed by atoms with Crippen LogP contribution in [0.1, 0.15) is 11.0 Å². The van der Waals surface area contributed by atoms with E-state index in [2.05, 4.69) is 14.2 Å². The predicted octanol–water partition coefficient (Wildman–Crippen LogP) is 0.142. The summed E-state index contributed by atoms with van der Waals surface area (Å²) in [7, 11) is -1.16. The number of methoxy groups -OCH3 is 2. The third kappa shape index (κ3) is 5.06. The molecule has 0 N–H and O–H groups in total. The number of carbonyl (C=O) groups excluding carboxylic acids is 1. The van der Waals surface area contributed by atoms with Gasteiger partial charge in [0.05, 0.1) is 4.11 Å². The van der Waals surface area contributed by atoms with Crippen LogP contribution in [0.3, 0.4) is 0 Å². The van der Waals surface area contributed by atoms with Crippen LogP contribution < -0.4 is 0 Å². The van der Waals surface area contributed by atoms with Gasteiger partial charge >= 0.3 is 5.97 Å². The minimum absolute atomic E-state index is 0.174. The molecular formula is C7H14O5. The summed E-state index contributed by atoms with van der Waals surface area (Å²) < 4.78 is 38.2. The molecule has 1 atom stereocenters. The van der Waals surface area contributed by atoms with E-state index in [-0.39, 0.29) is 6.79 Å². The van der Waals surface area contributed by atoms with Gasteiger partial charge in [-0.25, -0.2) is 4.79 Å². The van der Waals surface area contributed by atoms with Gasteiger partial charge < -0.3 is 18.9 Å². The van der Waals surface area contributed by atoms with E-state index < -0.39 is 25.9 Å². The molecule has 0 aliphatic heterocycles. The number of hydrogen-bond acceptors (Lipinski definition) is 5. The monoisotopic (exact) mass is 181 g/mol. The Bertz CT molecular complexity index is 194. The number of rotatable bonds is 6. The molecule has 0 heterocycles. The SMILES string of the molecule is [2H]C([2H])([2H])OCOC(C)C(=O)OCOC. The standard InChI is InChI=1S/C7H14O5/c1-6(11-4-9-2)7(8)12-5-10-3/h6H,4-5H2,1-3H3/i2D3. The van der Waals surface area contributed by atoms with Gasteiger partial charge in [0.15, 0.2) is 12.9 Å². The second kappa shape index (κ2) is 7.02. The lowest BCUT2D eigenvalue weighted by atomic mass is 10.4. The van der Waals surface area contributed by atoms with E-state index in [4.69, 9.17) is 8.85 Å². The summed E-state index contributed by atoms with van der Waals surface area (Å²) in [5.41, 5.74) is 0. The molecule has 0 fully saturated rings. The van der Waals surface area contributed by atoms with E-state index in [1.165, 1.54) is 14.0 Å². The first-order valence-electron chi connectivity index (χ1n) is 4.78. The first kappa shape index (κ1) is 6.82. The van der Waals surface area contributed by atoms with Crippen LogP contribution in [0.15, 0.2) is 0 Å². The average molecular weight is 181 g/mol. The molecule has 0 saturated carbocycles. The lowest BCUT2D eigenvalue weighted by Gasteiger charge is -2.10. The van der Waals surface area contributed by atoms with Crippen molar-refractivity contribution in [2.24, 2.45) is 0 Å². The molecule has 5 nitrogen and oxygen atoms in total. The summed E-state index contributed by atoms with van der Waals surface area (Å²) in [5, 5.41) is 0. The molecule has 0 aliphatic rings. The van der Waals surface area contributed by atoms with Crippen molar-refractivity contribution in [2.75, 3.05) is 27.7 Å². The number of hydrogen-bond donors (Lipinski definition) is 0. The van der Waals surface area contributed by atoms with Gasteiger partial charge in [0, 0.05) is 14.1 Å². The summed E-state index contributed by atoms with van der Waals surface area (Å²) in [6, 6.07) is 0. The summed E-state index contributed by atoms with van der Waals surface area (Å²) >= 11 is 0. The third-order valence-corrected chi connectivity index (χ3v) is 1.03. The van der Waals surface area contributed by atoms with E-state index in [9.17, 15) is 4.79 Å². The van der Waals surface area contributed by atoms with Crippen LogP contribution in [0.4, 0.5) is 0 Å². The first-order valence-corrected chi connectivity index (χ1v) is 3.28. The fraction of sp³-hybridized carbons (Fsp3) is 0.857. The van der Waals surface area contributed by atoms with E-state index in [1.54, 1.807) is 0 Å². The summed E-state index contributed by atoms with van der Waals surface area (Å²) in [5.74, 6) is -0.647. The Morgan fingerprint density at radius 2 is 2.25 bits per heavy atom. The van der Waals surface area contributed by atoms with E-state index >= 15 is 0 Å². The highest BCUT2D eigenvalue weighted by atomic mass is 16.7. The zero-order valence-electron chi connectivity index (χ0n) is 10.0. The highest BCUT2D eigenvalue weighted by Crippen LogP contribution is 1.94. The van der Waals surface area contributed by atoms with E-state index in [0.29, 0.717) is 0 Å². The van der Waals surface area contributed by atoms with Gasteiger partial charge in [-0.15, -0.1) is 0 Å². The van der Waals surface area contributed by atoms with Gasteiger partial charge in [-0.1, -0.05) is 0 Å². The largest absolute Gasteiger partial charge is 0.437 e. The molecule has 0 spiro atoms. The Kier molecular flexibility index (Phi) is 3.99. The number of ether oxygens (including phenoxy) is 4. The van der Waals surface area contributed by atoms with Gasteiger partial charge in [0.25, 0.3) is 0 Å². The Labute approximate surface area is 75.8 Å². The molecule has 0 rings (SSSR count). The van der Waals surface area contributed by atoms with Crippen LogP contribution in [-0.2, 0) is 23.7 Å². The highest BCUT2D eigenvalue weighted by Gasteiger charge is 2.13. The molecule has 0 aromatic carbocycles. The zero-order valence-corrected chi connectivity index (χ0v) is 7.03. The van der Waals surface area contributed by atoms with Crippen LogP contribution >= 0.6 is 0 Å². The molecule has 72 valence electrons. The summed E-state index contributed by atoms with van der Waals surface area (Å²) in [4.78, 5) is 11.0. The maximum absolute atomic E-state index is 11.0. The average Bonchev–Trinajstić information content (AvgIpc) is 2.11. The number of carbonyl (C=O) groups is 1. The van der Waals surface area contributed by atoms with Gasteiger partial charge in [-0.2, -0.15) is 0 Å². The molecule has 0 radical (unpaired) electrons. The predicted molar refractivity (Wildman–Crippen MR) is 40.4 cm³/mol. The molecule has 0 aliphatic carbocycles. The molecule has 0 bridgehead atoms. The van der Waals surface area contributed by atoms with Crippen molar-refractivity contribution >= 4 is 5.97 Å². The van der Waals surface area contributed by atoms with Crippen LogP contribution in [-0.4, -0.2) is 39.8 Å². The Hall–Kier alpha value is -0.650. The maximum atomic E-state index is 11.0. The molecule has 0 aromatic heterocycles. The Morgan fingerprint density at radius 1 is 1.50 bits per heavy atom. The van der Waals surface area contributed by atoms with Gasteiger partial charge in [0.2, 0.25) is 0 Å². The molecular weight excluding hydrogens is 164 g/mol. The van der Waals surface area contributed by atoms with Crippen molar-refractivity contribution in [3.8, 4) is 0 Å². The zero-order chi connectivity index (χ0) is 11.9. The molecule has 0 saturated heterocycles. The Morgan fingerprint density at radius 3 is 2.83 bits per heavy atom. The topological polar surface area (TPSA) is 54.0 Å². The smallest absolute Gasteiger partial charge is 0.337 e. The lowest BCUT2D eigenvalue weighted by molar-refractivity contribution is -0.172. The van der Waals surface area contributed by atoms with Crippen molar-refractivity contribution in [3.05, 3.63) is 0 Å². The van der Waals surface area contributed by atoms with Crippen LogP contribution in [0, 0.1) is 0 Å². The van der Waals surface area contributed by atoms with Crippen molar-refractivity contribution < 1.29 is 27.9 Å². The van der Waals surface area contributed by atoms with Crippen molar-refractivity contribution in [3.63, 3.8) is 0 Å². The second-order valence-electron chi connectivity index (χ2n) is 1.94. The highest BCUT2D eigenvalue weighted by molar-refractivity contribution is 5.74. The molecule has 0 amide bonds. The lowest BCUT2D eigenvalue weighted by Crippen LogP contribution is -2.24. The minimum atomic E-state index is -2.53. The van der Waals surface area contributed by atoms with Crippen molar-refractivity contribution in [1.29, 1.82) is 0 Å². The van der Waals surface area contributed by atoms with Gasteiger partial charge in [-0.05, 0) is 6.92 Å². The molecule has 1 unspecified atom stereocenters. The molecule has 12 heavy (non-hydrogen) atoms. The second-order valence-corrected chi connectivity index (χ2v) is 1.94. The number of esters is 1. The van der Waals surface area contributed by atoms with E-state index in [0.717, 1.165) is 0 Å². The quantitative estimate of drug-likeness (QED) is 0.431. The first-order chi connectivity index (χ1) is 6.87. The minimum Gasteiger partial charge on any atom is -0.437 e.